The molecule has 28 heavy (non-hydrogen) atoms. The van der Waals surface area contributed by atoms with Gasteiger partial charge in [-0.25, -0.2) is 0 Å². The molecule has 1 unspecified atom stereocenters. The fraction of sp³-hybridized carbons (Fsp3) is 0.381. The van der Waals surface area contributed by atoms with Gasteiger partial charge in [0, 0.05) is 39.5 Å². The summed E-state index contributed by atoms with van der Waals surface area (Å²) in [5.41, 5.74) is 1.91. The number of hydrogen-bond donors (Lipinski definition) is 1. The first-order valence-electron chi connectivity index (χ1n) is 9.20. The SMILES string of the molecule is CNC(=O)C1(Cc2cccc(-c3ccncc3)c2)CN(C(=O)COC)CCO1. The Morgan fingerprint density at radius 1 is 1.25 bits per heavy atom. The van der Waals surface area contributed by atoms with Gasteiger partial charge in [0.25, 0.3) is 5.91 Å². The maximum atomic E-state index is 12.8. The van der Waals surface area contributed by atoms with Gasteiger partial charge in [-0.2, -0.15) is 0 Å². The van der Waals surface area contributed by atoms with E-state index in [2.05, 4.69) is 10.3 Å². The lowest BCUT2D eigenvalue weighted by molar-refractivity contribution is -0.167. The second-order valence-corrected chi connectivity index (χ2v) is 6.78. The third-order valence-electron chi connectivity index (χ3n) is 4.88. The van der Waals surface area contributed by atoms with Gasteiger partial charge < -0.3 is 19.7 Å². The first-order chi connectivity index (χ1) is 13.6. The minimum Gasteiger partial charge on any atom is -0.375 e. The molecule has 7 heteroatoms. The van der Waals surface area contributed by atoms with E-state index < -0.39 is 5.60 Å². The number of rotatable bonds is 6. The Morgan fingerprint density at radius 3 is 2.75 bits per heavy atom. The zero-order chi connectivity index (χ0) is 20.0. The summed E-state index contributed by atoms with van der Waals surface area (Å²) < 4.78 is 10.9. The number of pyridine rings is 1. The zero-order valence-corrected chi connectivity index (χ0v) is 16.2. The minimum atomic E-state index is -1.13. The molecule has 0 aliphatic carbocycles. The Kier molecular flexibility index (Phi) is 6.38. The molecule has 2 heterocycles. The quantitative estimate of drug-likeness (QED) is 0.813. The minimum absolute atomic E-state index is 0.0125. The van der Waals surface area contributed by atoms with E-state index in [0.29, 0.717) is 19.6 Å². The molecule has 0 spiro atoms. The van der Waals surface area contributed by atoms with Gasteiger partial charge in [0.15, 0.2) is 5.60 Å². The number of carbonyl (C=O) groups is 2. The number of hydrogen-bond acceptors (Lipinski definition) is 5. The normalized spacial score (nSPS) is 19.3. The number of amides is 2. The van der Waals surface area contributed by atoms with Crippen molar-refractivity contribution in [1.82, 2.24) is 15.2 Å². The van der Waals surface area contributed by atoms with E-state index in [1.165, 1.54) is 7.11 Å². The van der Waals surface area contributed by atoms with Gasteiger partial charge in [-0.3, -0.25) is 14.6 Å². The van der Waals surface area contributed by atoms with Crippen molar-refractivity contribution >= 4 is 11.8 Å². The van der Waals surface area contributed by atoms with Crippen LogP contribution in [0, 0.1) is 0 Å². The maximum absolute atomic E-state index is 12.8. The van der Waals surface area contributed by atoms with E-state index in [4.69, 9.17) is 9.47 Å². The molecule has 2 amide bonds. The molecule has 1 aliphatic heterocycles. The Bertz CT molecular complexity index is 827. The van der Waals surface area contributed by atoms with Crippen molar-refractivity contribution in [2.75, 3.05) is 40.5 Å². The number of aromatic nitrogens is 1. The molecular formula is C21H25N3O4. The Hall–Kier alpha value is -2.77. The van der Waals surface area contributed by atoms with Crippen molar-refractivity contribution in [1.29, 1.82) is 0 Å². The number of ether oxygens (including phenoxy) is 2. The van der Waals surface area contributed by atoms with Crippen molar-refractivity contribution in [3.05, 3.63) is 54.4 Å². The Balaban J connectivity index is 1.87. The molecule has 3 rings (SSSR count). The predicted molar refractivity (Wildman–Crippen MR) is 105 cm³/mol. The van der Waals surface area contributed by atoms with E-state index in [9.17, 15) is 9.59 Å². The highest BCUT2D eigenvalue weighted by Gasteiger charge is 2.44. The lowest BCUT2D eigenvalue weighted by Crippen LogP contribution is -2.62. The number of carbonyl (C=O) groups excluding carboxylic acids is 2. The number of nitrogens with one attached hydrogen (secondary N) is 1. The first kappa shape index (κ1) is 20.0. The molecule has 0 bridgehead atoms. The Labute approximate surface area is 164 Å². The summed E-state index contributed by atoms with van der Waals surface area (Å²) in [5, 5.41) is 2.69. The monoisotopic (exact) mass is 383 g/mol. The van der Waals surface area contributed by atoms with E-state index >= 15 is 0 Å². The molecule has 1 N–H and O–H groups in total. The third kappa shape index (κ3) is 4.37. The molecule has 1 aromatic carbocycles. The van der Waals surface area contributed by atoms with Gasteiger partial charge >= 0.3 is 0 Å². The van der Waals surface area contributed by atoms with Crippen LogP contribution in [0.2, 0.25) is 0 Å². The van der Waals surface area contributed by atoms with Gasteiger partial charge in [0.05, 0.1) is 13.2 Å². The van der Waals surface area contributed by atoms with Gasteiger partial charge in [0.2, 0.25) is 5.91 Å². The predicted octanol–water partition coefficient (Wildman–Crippen LogP) is 1.28. The van der Waals surface area contributed by atoms with Crippen LogP contribution in [0.15, 0.2) is 48.8 Å². The highest BCUT2D eigenvalue weighted by molar-refractivity contribution is 5.87. The molecule has 1 aromatic heterocycles. The van der Waals surface area contributed by atoms with Crippen LogP contribution < -0.4 is 5.32 Å². The average molecular weight is 383 g/mol. The van der Waals surface area contributed by atoms with Crippen LogP contribution in [0.25, 0.3) is 11.1 Å². The highest BCUT2D eigenvalue weighted by atomic mass is 16.5. The standard InChI is InChI=1S/C21H25N3O4/c1-22-20(26)21(15-24(10-11-28-21)19(25)14-27-2)13-16-4-3-5-18(12-16)17-6-8-23-9-7-17/h3-9,12H,10-11,13-15H2,1-2H3,(H,22,26). The number of methoxy groups -OCH3 is 1. The molecule has 0 saturated carbocycles. The van der Waals surface area contributed by atoms with Crippen LogP contribution in [0.3, 0.4) is 0 Å². The number of morpholine rings is 1. The van der Waals surface area contributed by atoms with Gasteiger partial charge in [0.1, 0.15) is 6.61 Å². The van der Waals surface area contributed by atoms with E-state index in [-0.39, 0.29) is 25.0 Å². The third-order valence-corrected chi connectivity index (χ3v) is 4.88. The zero-order valence-electron chi connectivity index (χ0n) is 16.2. The molecule has 7 nitrogen and oxygen atoms in total. The van der Waals surface area contributed by atoms with E-state index in [0.717, 1.165) is 16.7 Å². The van der Waals surface area contributed by atoms with Crippen LogP contribution in [0.1, 0.15) is 5.56 Å². The van der Waals surface area contributed by atoms with Gasteiger partial charge in [-0.15, -0.1) is 0 Å². The molecule has 1 fully saturated rings. The van der Waals surface area contributed by atoms with Gasteiger partial charge in [-0.1, -0.05) is 24.3 Å². The first-order valence-corrected chi connectivity index (χ1v) is 9.20. The smallest absolute Gasteiger partial charge is 0.254 e. The highest BCUT2D eigenvalue weighted by Crippen LogP contribution is 2.27. The second-order valence-electron chi connectivity index (χ2n) is 6.78. The largest absolute Gasteiger partial charge is 0.375 e. The summed E-state index contributed by atoms with van der Waals surface area (Å²) in [6.07, 6.45) is 3.86. The van der Waals surface area contributed by atoms with Crippen molar-refractivity contribution in [3.63, 3.8) is 0 Å². The van der Waals surface area contributed by atoms with Crippen molar-refractivity contribution in [3.8, 4) is 11.1 Å². The molecule has 1 atom stereocenters. The van der Waals surface area contributed by atoms with Crippen LogP contribution in [-0.2, 0) is 25.5 Å². The van der Waals surface area contributed by atoms with Crippen LogP contribution in [0.5, 0.6) is 0 Å². The molecule has 148 valence electrons. The summed E-state index contributed by atoms with van der Waals surface area (Å²) in [5.74, 6) is -0.388. The number of nitrogens with zero attached hydrogens (tertiary/aromatic N) is 2. The number of likely N-dealkylation sites (N-methyl/N-ethyl adjacent to an activating group) is 1. The average Bonchev–Trinajstić information content (AvgIpc) is 2.74. The fourth-order valence-electron chi connectivity index (χ4n) is 3.50. The summed E-state index contributed by atoms with van der Waals surface area (Å²) >= 11 is 0. The second kappa shape index (κ2) is 8.95. The van der Waals surface area contributed by atoms with Crippen molar-refractivity contribution < 1.29 is 19.1 Å². The molecule has 1 aliphatic rings. The fourth-order valence-corrected chi connectivity index (χ4v) is 3.50. The van der Waals surface area contributed by atoms with Crippen molar-refractivity contribution in [2.24, 2.45) is 0 Å². The molecule has 2 aromatic rings. The number of benzene rings is 1. The van der Waals surface area contributed by atoms with E-state index in [1.807, 2.05) is 36.4 Å². The molecular weight excluding hydrogens is 358 g/mol. The van der Waals surface area contributed by atoms with Crippen molar-refractivity contribution in [2.45, 2.75) is 12.0 Å². The maximum Gasteiger partial charge on any atom is 0.254 e. The summed E-state index contributed by atoms with van der Waals surface area (Å²) in [4.78, 5) is 30.7. The molecule has 1 saturated heterocycles. The lowest BCUT2D eigenvalue weighted by Gasteiger charge is -2.41. The van der Waals surface area contributed by atoms with Crippen LogP contribution in [0.4, 0.5) is 0 Å². The summed E-state index contributed by atoms with van der Waals surface area (Å²) in [6, 6.07) is 11.9. The Morgan fingerprint density at radius 2 is 2.04 bits per heavy atom. The summed E-state index contributed by atoms with van der Waals surface area (Å²) in [7, 11) is 3.06. The topological polar surface area (TPSA) is 80.8 Å². The lowest BCUT2D eigenvalue weighted by atomic mass is 9.90. The van der Waals surface area contributed by atoms with Crippen LogP contribution >= 0.6 is 0 Å². The van der Waals surface area contributed by atoms with Crippen LogP contribution in [-0.4, -0.2) is 67.8 Å². The van der Waals surface area contributed by atoms with Gasteiger partial charge in [-0.05, 0) is 28.8 Å². The molecule has 0 radical (unpaired) electrons. The summed E-state index contributed by atoms with van der Waals surface area (Å²) in [6.45, 7) is 0.917. The van der Waals surface area contributed by atoms with E-state index in [1.54, 1.807) is 24.3 Å².